The fourth-order valence-corrected chi connectivity index (χ4v) is 2.89. The molecule has 1 aliphatic rings. The van der Waals surface area contributed by atoms with E-state index < -0.39 is 18.5 Å². The maximum absolute atomic E-state index is 12.2. The van der Waals surface area contributed by atoms with Gasteiger partial charge in [0.1, 0.15) is 6.42 Å². The molecule has 8 heteroatoms. The number of rotatable bonds is 6. The van der Waals surface area contributed by atoms with E-state index in [0.717, 1.165) is 23.1 Å². The quantitative estimate of drug-likeness (QED) is 0.848. The first kappa shape index (κ1) is 19.0. The number of carbonyl (C=O) groups is 1. The van der Waals surface area contributed by atoms with Crippen LogP contribution in [0, 0.1) is 0 Å². The summed E-state index contributed by atoms with van der Waals surface area (Å²) in [6, 6.07) is 1.86. The van der Waals surface area contributed by atoms with E-state index in [1.54, 1.807) is 6.08 Å². The van der Waals surface area contributed by atoms with Crippen molar-refractivity contribution in [2.75, 3.05) is 27.9 Å². The zero-order valence-electron chi connectivity index (χ0n) is 14.3. The summed E-state index contributed by atoms with van der Waals surface area (Å²) >= 11 is 0. The number of hydrogen-bond acceptors (Lipinski definition) is 4. The highest BCUT2D eigenvalue weighted by Crippen LogP contribution is 2.48. The summed E-state index contributed by atoms with van der Waals surface area (Å²) in [5.41, 5.74) is 2.73. The minimum Gasteiger partial charge on any atom is -0.493 e. The third kappa shape index (κ3) is 4.37. The van der Waals surface area contributed by atoms with Gasteiger partial charge in [-0.05, 0) is 30.0 Å². The topological polar surface area (TPSA) is 56.8 Å². The van der Waals surface area contributed by atoms with Crippen molar-refractivity contribution >= 4 is 11.5 Å². The number of nitrogens with one attached hydrogen (secondary N) is 1. The lowest BCUT2D eigenvalue weighted by Crippen LogP contribution is -2.28. The summed E-state index contributed by atoms with van der Waals surface area (Å²) in [7, 11) is 4.55. The Morgan fingerprint density at radius 1 is 1.16 bits per heavy atom. The van der Waals surface area contributed by atoms with Gasteiger partial charge in [-0.15, -0.1) is 0 Å². The Morgan fingerprint density at radius 2 is 1.84 bits per heavy atom. The fraction of sp³-hybridized carbons (Fsp3) is 0.471. The highest BCUT2D eigenvalue weighted by atomic mass is 19.4. The monoisotopic (exact) mass is 359 g/mol. The Balaban J connectivity index is 2.21. The fourth-order valence-electron chi connectivity index (χ4n) is 2.89. The molecule has 0 aromatic heterocycles. The molecule has 0 fully saturated rings. The zero-order valence-corrected chi connectivity index (χ0v) is 14.3. The maximum atomic E-state index is 12.2. The smallest absolute Gasteiger partial charge is 0.397 e. The Morgan fingerprint density at radius 3 is 2.40 bits per heavy atom. The molecule has 1 aliphatic carbocycles. The van der Waals surface area contributed by atoms with Crippen molar-refractivity contribution in [3.8, 4) is 17.2 Å². The van der Waals surface area contributed by atoms with Crippen LogP contribution < -0.4 is 19.5 Å². The molecule has 1 aromatic carbocycles. The molecule has 0 atom stereocenters. The summed E-state index contributed by atoms with van der Waals surface area (Å²) in [6.07, 6.45) is -2.86. The number of fused-ring (bicyclic) bond motifs is 1. The Kier molecular flexibility index (Phi) is 5.81. The molecule has 0 spiro atoms. The highest BCUT2D eigenvalue weighted by molar-refractivity contribution is 5.82. The van der Waals surface area contributed by atoms with Crippen LogP contribution in [0.2, 0.25) is 0 Å². The second-order valence-corrected chi connectivity index (χ2v) is 5.50. The summed E-state index contributed by atoms with van der Waals surface area (Å²) in [4.78, 5) is 11.3. The number of methoxy groups -OCH3 is 3. The number of benzene rings is 1. The number of carbonyl (C=O) groups excluding carboxylic acids is 1. The molecular weight excluding hydrogens is 339 g/mol. The van der Waals surface area contributed by atoms with Crippen molar-refractivity contribution in [3.05, 3.63) is 23.3 Å². The molecule has 1 amide bonds. The molecule has 1 aromatic rings. The van der Waals surface area contributed by atoms with Gasteiger partial charge in [0, 0.05) is 12.1 Å². The minimum atomic E-state index is -4.51. The van der Waals surface area contributed by atoms with Gasteiger partial charge < -0.3 is 19.5 Å². The van der Waals surface area contributed by atoms with Gasteiger partial charge in [-0.3, -0.25) is 4.79 Å². The van der Waals surface area contributed by atoms with E-state index in [-0.39, 0.29) is 6.54 Å². The Hall–Kier alpha value is -2.38. The van der Waals surface area contributed by atoms with Gasteiger partial charge in [0.15, 0.2) is 11.5 Å². The van der Waals surface area contributed by atoms with Crippen LogP contribution in [0.3, 0.4) is 0 Å². The predicted octanol–water partition coefficient (Wildman–Crippen LogP) is 3.11. The molecule has 138 valence electrons. The standard InChI is InChI=1S/C17H20F3NO4/c1-23-12-8-11-5-4-10(14(11)16(25-3)15(12)24-2)6-7-21-13(22)9-17(18,19)20/h6,8H,4-5,7,9H2,1-3H3,(H,21,22)/b10-6+. The van der Waals surface area contributed by atoms with Crippen molar-refractivity contribution in [2.24, 2.45) is 0 Å². The molecule has 2 rings (SSSR count). The van der Waals surface area contributed by atoms with Gasteiger partial charge in [0.2, 0.25) is 11.7 Å². The SMILES string of the molecule is COc1cc2c(c(OC)c1OC)/C(=C/CNC(=O)CC(F)(F)F)CC2. The second kappa shape index (κ2) is 7.67. The van der Waals surface area contributed by atoms with Gasteiger partial charge in [-0.2, -0.15) is 13.2 Å². The molecule has 0 saturated carbocycles. The van der Waals surface area contributed by atoms with Crippen molar-refractivity contribution < 1.29 is 32.2 Å². The first-order chi connectivity index (χ1) is 11.8. The molecule has 5 nitrogen and oxygen atoms in total. The summed E-state index contributed by atoms with van der Waals surface area (Å²) < 4.78 is 52.6. The first-order valence-corrected chi connectivity index (χ1v) is 7.65. The van der Waals surface area contributed by atoms with Gasteiger partial charge in [0.05, 0.1) is 21.3 Å². The second-order valence-electron chi connectivity index (χ2n) is 5.50. The van der Waals surface area contributed by atoms with E-state index >= 15 is 0 Å². The first-order valence-electron chi connectivity index (χ1n) is 7.65. The van der Waals surface area contributed by atoms with Crippen LogP contribution in [-0.4, -0.2) is 40.0 Å². The lowest BCUT2D eigenvalue weighted by atomic mass is 10.0. The van der Waals surface area contributed by atoms with Crippen LogP contribution in [0.15, 0.2) is 12.1 Å². The van der Waals surface area contributed by atoms with Gasteiger partial charge >= 0.3 is 6.18 Å². The van der Waals surface area contributed by atoms with E-state index in [2.05, 4.69) is 5.32 Å². The lowest BCUT2D eigenvalue weighted by Gasteiger charge is -2.16. The van der Waals surface area contributed by atoms with Crippen LogP contribution in [0.1, 0.15) is 24.0 Å². The number of halogens is 3. The van der Waals surface area contributed by atoms with E-state index in [1.165, 1.54) is 21.3 Å². The maximum Gasteiger partial charge on any atom is 0.397 e. The molecule has 1 N–H and O–H groups in total. The van der Waals surface area contributed by atoms with E-state index in [0.29, 0.717) is 23.7 Å². The lowest BCUT2D eigenvalue weighted by molar-refractivity contribution is -0.153. The Bertz CT molecular complexity index is 683. The molecule has 0 heterocycles. The van der Waals surface area contributed by atoms with Crippen LogP contribution in [0.25, 0.3) is 5.57 Å². The Labute approximate surface area is 143 Å². The van der Waals surface area contributed by atoms with Crippen LogP contribution in [-0.2, 0) is 11.2 Å². The van der Waals surface area contributed by atoms with Crippen molar-refractivity contribution in [1.82, 2.24) is 5.32 Å². The summed E-state index contributed by atoms with van der Waals surface area (Å²) in [5.74, 6) is 0.472. The van der Waals surface area contributed by atoms with E-state index in [9.17, 15) is 18.0 Å². The molecule has 0 bridgehead atoms. The third-order valence-electron chi connectivity index (χ3n) is 3.91. The summed E-state index contributed by atoms with van der Waals surface area (Å²) in [6.45, 7) is 0.0151. The highest BCUT2D eigenvalue weighted by Gasteiger charge is 2.31. The average Bonchev–Trinajstić information content (AvgIpc) is 2.94. The van der Waals surface area contributed by atoms with Crippen LogP contribution in [0.5, 0.6) is 17.2 Å². The van der Waals surface area contributed by atoms with E-state index in [4.69, 9.17) is 14.2 Å². The predicted molar refractivity (Wildman–Crippen MR) is 86.1 cm³/mol. The normalized spacial score (nSPS) is 15.0. The number of alkyl halides is 3. The van der Waals surface area contributed by atoms with Crippen LogP contribution in [0.4, 0.5) is 13.2 Å². The molecule has 25 heavy (non-hydrogen) atoms. The average molecular weight is 359 g/mol. The molecular formula is C17H20F3NO4. The van der Waals surface area contributed by atoms with Crippen LogP contribution >= 0.6 is 0 Å². The van der Waals surface area contributed by atoms with Crippen molar-refractivity contribution in [1.29, 1.82) is 0 Å². The molecule has 0 saturated heterocycles. The largest absolute Gasteiger partial charge is 0.493 e. The molecule has 0 radical (unpaired) electrons. The zero-order chi connectivity index (χ0) is 18.6. The molecule has 0 aliphatic heterocycles. The van der Waals surface area contributed by atoms with Gasteiger partial charge in [-0.1, -0.05) is 6.08 Å². The van der Waals surface area contributed by atoms with E-state index in [1.807, 2.05) is 6.07 Å². The number of ether oxygens (including phenoxy) is 3. The number of allylic oxidation sites excluding steroid dienone is 1. The number of amides is 1. The number of aryl methyl sites for hydroxylation is 1. The minimum absolute atomic E-state index is 0.0151. The van der Waals surface area contributed by atoms with Gasteiger partial charge in [0.25, 0.3) is 0 Å². The third-order valence-corrected chi connectivity index (χ3v) is 3.91. The molecule has 0 unspecified atom stereocenters. The number of hydrogen-bond donors (Lipinski definition) is 1. The van der Waals surface area contributed by atoms with Gasteiger partial charge in [-0.25, -0.2) is 0 Å². The van der Waals surface area contributed by atoms with Crippen molar-refractivity contribution in [3.63, 3.8) is 0 Å². The summed E-state index contributed by atoms with van der Waals surface area (Å²) in [5, 5.41) is 2.25. The van der Waals surface area contributed by atoms with Crippen molar-refractivity contribution in [2.45, 2.75) is 25.4 Å².